The Morgan fingerprint density at radius 3 is 2.16 bits per heavy atom. The molecule has 260 valence electrons. The van der Waals surface area contributed by atoms with Crippen molar-refractivity contribution >= 4 is 28.4 Å². The maximum atomic E-state index is 14.6. The van der Waals surface area contributed by atoms with Gasteiger partial charge in [-0.05, 0) is 95.3 Å². The van der Waals surface area contributed by atoms with Gasteiger partial charge in [-0.15, -0.1) is 0 Å². The predicted octanol–water partition coefficient (Wildman–Crippen LogP) is 9.60. The highest BCUT2D eigenvalue weighted by Gasteiger charge is 2.23. The van der Waals surface area contributed by atoms with Gasteiger partial charge >= 0.3 is 6.03 Å². The minimum atomic E-state index is -0.482. The van der Waals surface area contributed by atoms with Crippen molar-refractivity contribution < 1.29 is 9.53 Å². The third-order valence-corrected chi connectivity index (χ3v) is 9.09. The lowest BCUT2D eigenvalue weighted by Crippen LogP contribution is -2.30. The van der Waals surface area contributed by atoms with E-state index in [0.29, 0.717) is 36.5 Å². The number of fused-ring (bicyclic) bond motifs is 1. The third-order valence-electron chi connectivity index (χ3n) is 9.09. The topological polar surface area (TPSA) is 98.1 Å². The van der Waals surface area contributed by atoms with Crippen molar-refractivity contribution in [1.29, 1.82) is 0 Å². The summed E-state index contributed by atoms with van der Waals surface area (Å²) in [6, 6.07) is 31.2. The molecule has 0 fully saturated rings. The maximum Gasteiger partial charge on any atom is 0.323 e. The molecule has 0 aliphatic carbocycles. The Bertz CT molecular complexity index is 2130. The quantitative estimate of drug-likeness (QED) is 0.119. The Kier molecular flexibility index (Phi) is 11.2. The number of benzene rings is 3. The SMILES string of the molecule is CC(C)c1cccc(C(C)C)c1NC(=O)Nc1c(-c2cccc(OCCCc3ccncc3)c2)c2cccnc2n(CCc2ccccc2)c1=O. The van der Waals surface area contributed by atoms with Crippen LogP contribution < -0.4 is 20.9 Å². The summed E-state index contributed by atoms with van der Waals surface area (Å²) in [5.74, 6) is 1.04. The van der Waals surface area contributed by atoms with Gasteiger partial charge in [0.1, 0.15) is 17.1 Å². The van der Waals surface area contributed by atoms with Crippen LogP contribution in [0.4, 0.5) is 16.2 Å². The van der Waals surface area contributed by atoms with E-state index in [2.05, 4.69) is 43.3 Å². The largest absolute Gasteiger partial charge is 0.494 e. The number of carbonyl (C=O) groups excluding carboxylic acids is 1. The van der Waals surface area contributed by atoms with Gasteiger partial charge in [0, 0.05) is 41.8 Å². The normalized spacial score (nSPS) is 11.3. The number of carbonyl (C=O) groups is 1. The minimum Gasteiger partial charge on any atom is -0.494 e. The molecule has 3 aromatic carbocycles. The molecule has 0 unspecified atom stereocenters. The van der Waals surface area contributed by atoms with Crippen LogP contribution >= 0.6 is 0 Å². The van der Waals surface area contributed by atoms with Crippen molar-refractivity contribution in [3.05, 3.63) is 148 Å². The van der Waals surface area contributed by atoms with Gasteiger partial charge in [-0.25, -0.2) is 9.78 Å². The fraction of sp³-hybridized carbons (Fsp3) is 0.256. The zero-order valence-corrected chi connectivity index (χ0v) is 29.7. The lowest BCUT2D eigenvalue weighted by Gasteiger charge is -2.22. The maximum absolute atomic E-state index is 14.6. The number of urea groups is 1. The van der Waals surface area contributed by atoms with Crippen LogP contribution in [0.2, 0.25) is 0 Å². The lowest BCUT2D eigenvalue weighted by atomic mass is 9.93. The fourth-order valence-corrected chi connectivity index (χ4v) is 6.50. The number of rotatable bonds is 13. The second-order valence-corrected chi connectivity index (χ2v) is 13.4. The van der Waals surface area contributed by atoms with Gasteiger partial charge < -0.3 is 15.4 Å². The Hall–Kier alpha value is -5.76. The molecular weight excluding hydrogens is 635 g/mol. The van der Waals surface area contributed by atoms with Crippen molar-refractivity contribution in [1.82, 2.24) is 14.5 Å². The van der Waals surface area contributed by atoms with Gasteiger partial charge in [0.05, 0.1) is 6.61 Å². The predicted molar refractivity (Wildman–Crippen MR) is 207 cm³/mol. The highest BCUT2D eigenvalue weighted by molar-refractivity contribution is 6.07. The summed E-state index contributed by atoms with van der Waals surface area (Å²) in [4.78, 5) is 37.4. The van der Waals surface area contributed by atoms with Crippen LogP contribution in [0.25, 0.3) is 22.2 Å². The molecule has 0 saturated carbocycles. The summed E-state index contributed by atoms with van der Waals surface area (Å²) < 4.78 is 7.87. The van der Waals surface area contributed by atoms with Crippen LogP contribution in [0.1, 0.15) is 68.2 Å². The zero-order valence-electron chi connectivity index (χ0n) is 29.7. The van der Waals surface area contributed by atoms with Gasteiger partial charge in [0.25, 0.3) is 5.56 Å². The Labute approximate surface area is 299 Å². The first-order valence-corrected chi connectivity index (χ1v) is 17.7. The monoisotopic (exact) mass is 679 g/mol. The number of anilines is 2. The van der Waals surface area contributed by atoms with E-state index >= 15 is 0 Å². The highest BCUT2D eigenvalue weighted by atomic mass is 16.5. The van der Waals surface area contributed by atoms with Crippen LogP contribution in [0.5, 0.6) is 5.75 Å². The molecule has 6 aromatic rings. The van der Waals surface area contributed by atoms with Gasteiger partial charge in [-0.2, -0.15) is 0 Å². The number of pyridine rings is 3. The Morgan fingerprint density at radius 1 is 0.745 bits per heavy atom. The summed E-state index contributed by atoms with van der Waals surface area (Å²) in [6.45, 7) is 9.34. The van der Waals surface area contributed by atoms with Crippen LogP contribution in [0.3, 0.4) is 0 Å². The average Bonchev–Trinajstić information content (AvgIpc) is 3.14. The molecule has 0 aliphatic rings. The number of aromatic nitrogens is 3. The molecule has 0 atom stereocenters. The molecule has 6 rings (SSSR count). The molecule has 0 radical (unpaired) electrons. The fourth-order valence-electron chi connectivity index (χ4n) is 6.50. The van der Waals surface area contributed by atoms with E-state index < -0.39 is 6.03 Å². The molecule has 51 heavy (non-hydrogen) atoms. The lowest BCUT2D eigenvalue weighted by molar-refractivity contribution is 0.262. The van der Waals surface area contributed by atoms with Gasteiger partial charge in [-0.3, -0.25) is 14.3 Å². The first-order valence-electron chi connectivity index (χ1n) is 17.7. The number of nitrogens with one attached hydrogen (secondary N) is 2. The van der Waals surface area contributed by atoms with Crippen LogP contribution in [0, 0.1) is 0 Å². The number of aryl methyl sites for hydroxylation is 3. The number of hydrogen-bond donors (Lipinski definition) is 2. The van der Waals surface area contributed by atoms with Crippen LogP contribution in [-0.4, -0.2) is 27.2 Å². The molecule has 0 bridgehead atoms. The first kappa shape index (κ1) is 35.1. The van der Waals surface area contributed by atoms with Crippen molar-refractivity contribution in [3.63, 3.8) is 0 Å². The summed E-state index contributed by atoms with van der Waals surface area (Å²) in [5, 5.41) is 6.91. The Morgan fingerprint density at radius 2 is 1.43 bits per heavy atom. The van der Waals surface area contributed by atoms with Crippen molar-refractivity contribution in [2.75, 3.05) is 17.2 Å². The van der Waals surface area contributed by atoms with Crippen molar-refractivity contribution in [2.45, 2.75) is 65.3 Å². The minimum absolute atomic E-state index is 0.184. The molecular formula is C43H45N5O3. The molecule has 2 amide bonds. The number of amides is 2. The van der Waals surface area contributed by atoms with E-state index in [0.717, 1.165) is 46.2 Å². The third kappa shape index (κ3) is 8.35. The molecule has 0 aliphatic heterocycles. The van der Waals surface area contributed by atoms with Crippen molar-refractivity contribution in [3.8, 4) is 16.9 Å². The summed E-state index contributed by atoms with van der Waals surface area (Å²) in [5.41, 5.74) is 6.90. The van der Waals surface area contributed by atoms with E-state index in [1.54, 1.807) is 23.2 Å². The number of para-hydroxylation sites is 1. The van der Waals surface area contributed by atoms with E-state index in [9.17, 15) is 9.59 Å². The van der Waals surface area contributed by atoms with E-state index in [4.69, 9.17) is 9.72 Å². The molecule has 3 aromatic heterocycles. The van der Waals surface area contributed by atoms with Crippen LogP contribution in [-0.2, 0) is 19.4 Å². The highest BCUT2D eigenvalue weighted by Crippen LogP contribution is 2.36. The number of hydrogen-bond acceptors (Lipinski definition) is 5. The number of ether oxygens (including phenoxy) is 1. The standard InChI is InChI=1S/C43H45N5O3/c1-29(2)35-17-9-18-36(30(3)4)39(35)46-43(50)47-40-38(33-15-8-16-34(28-33)51-27-11-14-32-20-24-44-25-21-32)37-19-10-23-45-41(37)48(42(40)49)26-22-31-12-6-5-7-13-31/h5-10,12-13,15-21,23-25,28-30H,11,14,22,26-27H2,1-4H3,(H2,46,47,50). The molecule has 8 nitrogen and oxygen atoms in total. The van der Waals surface area contributed by atoms with Crippen molar-refractivity contribution in [2.24, 2.45) is 0 Å². The van der Waals surface area contributed by atoms with Gasteiger partial charge in [-0.1, -0.05) is 88.4 Å². The number of nitrogens with zero attached hydrogens (tertiary/aromatic N) is 3. The smallest absolute Gasteiger partial charge is 0.323 e. The van der Waals surface area contributed by atoms with E-state index in [-0.39, 0.29) is 23.1 Å². The second kappa shape index (κ2) is 16.3. The van der Waals surface area contributed by atoms with E-state index in [1.165, 1.54) is 5.56 Å². The van der Waals surface area contributed by atoms with E-state index in [1.807, 2.05) is 97.1 Å². The van der Waals surface area contributed by atoms with Gasteiger partial charge in [0.15, 0.2) is 0 Å². The molecule has 3 heterocycles. The molecule has 0 spiro atoms. The summed E-state index contributed by atoms with van der Waals surface area (Å²) in [7, 11) is 0. The summed E-state index contributed by atoms with van der Waals surface area (Å²) >= 11 is 0. The van der Waals surface area contributed by atoms with Gasteiger partial charge in [0.2, 0.25) is 0 Å². The first-order chi connectivity index (χ1) is 24.8. The molecule has 0 saturated heterocycles. The zero-order chi connectivity index (χ0) is 35.7. The molecule has 2 N–H and O–H groups in total. The molecule has 8 heteroatoms. The summed E-state index contributed by atoms with van der Waals surface area (Å²) in [6.07, 6.45) is 7.63. The Balaban J connectivity index is 1.39. The second-order valence-electron chi connectivity index (χ2n) is 13.4. The average molecular weight is 680 g/mol. The van der Waals surface area contributed by atoms with Crippen LogP contribution in [0.15, 0.2) is 120 Å².